The van der Waals surface area contributed by atoms with E-state index in [0.29, 0.717) is 28.5 Å². The summed E-state index contributed by atoms with van der Waals surface area (Å²) in [6.45, 7) is 6.25. The van der Waals surface area contributed by atoms with Gasteiger partial charge in [0.05, 0.1) is 13.2 Å². The number of carbonyl (C=O) groups excluding carboxylic acids is 2. The van der Waals surface area contributed by atoms with Crippen molar-refractivity contribution in [1.82, 2.24) is 15.4 Å². The molecule has 9 heteroatoms. The highest BCUT2D eigenvalue weighted by atomic mass is 16.5. The topological polar surface area (TPSA) is 127 Å². The highest BCUT2D eigenvalue weighted by molar-refractivity contribution is 6.11. The third-order valence-electron chi connectivity index (χ3n) is 6.13. The summed E-state index contributed by atoms with van der Waals surface area (Å²) in [5, 5.41) is 11.2. The number of nitrogens with one attached hydrogen (secondary N) is 1. The van der Waals surface area contributed by atoms with E-state index >= 15 is 0 Å². The summed E-state index contributed by atoms with van der Waals surface area (Å²) in [7, 11) is 1.62. The number of H-pyrrole nitrogens is 1. The molecule has 5 rings (SSSR count). The Bertz CT molecular complexity index is 1430. The van der Waals surface area contributed by atoms with Gasteiger partial charge >= 0.3 is 0 Å². The number of para-hydroxylation sites is 1. The molecule has 3 N–H and O–H groups in total. The molecule has 4 aromatic rings. The van der Waals surface area contributed by atoms with Gasteiger partial charge in [0.15, 0.2) is 17.1 Å². The van der Waals surface area contributed by atoms with Crippen molar-refractivity contribution in [3.63, 3.8) is 0 Å². The minimum atomic E-state index is -0.664. The lowest BCUT2D eigenvalue weighted by Crippen LogP contribution is -2.30. The highest BCUT2D eigenvalue weighted by Gasteiger charge is 2.45. The minimum absolute atomic E-state index is 0.0509. The Morgan fingerprint density at radius 1 is 1.14 bits per heavy atom. The lowest BCUT2D eigenvalue weighted by atomic mass is 9.85. The van der Waals surface area contributed by atoms with Crippen molar-refractivity contribution in [3.05, 3.63) is 82.8 Å². The van der Waals surface area contributed by atoms with Crippen LogP contribution in [0.25, 0.3) is 11.3 Å². The van der Waals surface area contributed by atoms with E-state index in [0.717, 1.165) is 16.8 Å². The maximum absolute atomic E-state index is 13.7. The first-order valence-corrected chi connectivity index (χ1v) is 11.1. The van der Waals surface area contributed by atoms with Gasteiger partial charge < -0.3 is 15.0 Å². The van der Waals surface area contributed by atoms with Crippen LogP contribution in [0.5, 0.6) is 5.75 Å². The number of fused-ring (bicyclic) bond motifs is 1. The van der Waals surface area contributed by atoms with Gasteiger partial charge in [-0.1, -0.05) is 44.1 Å². The van der Waals surface area contributed by atoms with Crippen molar-refractivity contribution in [1.29, 1.82) is 0 Å². The number of primary amides is 1. The third kappa shape index (κ3) is 3.65. The average Bonchev–Trinajstić information content (AvgIpc) is 3.55. The first kappa shape index (κ1) is 22.4. The molecule has 0 radical (unpaired) electrons. The Morgan fingerprint density at radius 2 is 1.86 bits per heavy atom. The molecule has 178 valence electrons. The summed E-state index contributed by atoms with van der Waals surface area (Å²) in [6, 6.07) is 16.0. The Balaban J connectivity index is 1.62. The molecule has 9 nitrogen and oxygen atoms in total. The van der Waals surface area contributed by atoms with Crippen LogP contribution in [0, 0.1) is 0 Å². The summed E-state index contributed by atoms with van der Waals surface area (Å²) >= 11 is 0. The van der Waals surface area contributed by atoms with Gasteiger partial charge in [-0.05, 0) is 30.3 Å². The second-order valence-electron chi connectivity index (χ2n) is 9.42. The number of ether oxygens (including phenoxy) is 1. The number of nitrogens with zero attached hydrogens (tertiary/aromatic N) is 3. The quantitative estimate of drug-likeness (QED) is 0.449. The van der Waals surface area contributed by atoms with Crippen LogP contribution >= 0.6 is 0 Å². The fourth-order valence-electron chi connectivity index (χ4n) is 4.48. The van der Waals surface area contributed by atoms with E-state index in [1.807, 2.05) is 36.4 Å². The molecule has 0 aliphatic carbocycles. The van der Waals surface area contributed by atoms with E-state index in [-0.39, 0.29) is 17.0 Å². The van der Waals surface area contributed by atoms with Crippen LogP contribution in [0.1, 0.15) is 64.6 Å². The van der Waals surface area contributed by atoms with Crippen molar-refractivity contribution >= 4 is 17.5 Å². The van der Waals surface area contributed by atoms with Gasteiger partial charge in [0, 0.05) is 39.6 Å². The molecule has 35 heavy (non-hydrogen) atoms. The molecular formula is C26H25N5O4. The molecule has 0 fully saturated rings. The Morgan fingerprint density at radius 3 is 2.49 bits per heavy atom. The monoisotopic (exact) mass is 471 g/mol. The number of rotatable bonds is 5. The summed E-state index contributed by atoms with van der Waals surface area (Å²) in [5.74, 6) is 0.220. The van der Waals surface area contributed by atoms with Gasteiger partial charge in [0.2, 0.25) is 0 Å². The normalized spacial score (nSPS) is 15.4. The lowest BCUT2D eigenvalue weighted by Gasteiger charge is -2.29. The number of amides is 2. The molecule has 0 saturated carbocycles. The number of nitrogens with two attached hydrogens (primary N) is 1. The molecule has 1 unspecified atom stereocenters. The molecule has 0 spiro atoms. The first-order chi connectivity index (χ1) is 16.7. The molecule has 1 atom stereocenters. The molecule has 1 aliphatic heterocycles. The van der Waals surface area contributed by atoms with Crippen molar-refractivity contribution in [2.75, 3.05) is 12.0 Å². The number of hydrogen-bond donors (Lipinski definition) is 2. The molecule has 2 amide bonds. The maximum Gasteiger partial charge on any atom is 0.280 e. The van der Waals surface area contributed by atoms with Gasteiger partial charge in [-0.25, -0.2) is 0 Å². The fourth-order valence-corrected chi connectivity index (χ4v) is 4.48. The Labute approximate surface area is 201 Å². The number of aromatic amines is 1. The van der Waals surface area contributed by atoms with Crippen LogP contribution in [0.2, 0.25) is 0 Å². The van der Waals surface area contributed by atoms with Crippen LogP contribution in [0.15, 0.2) is 59.1 Å². The van der Waals surface area contributed by atoms with Crippen molar-refractivity contribution < 1.29 is 18.8 Å². The average molecular weight is 472 g/mol. The van der Waals surface area contributed by atoms with E-state index < -0.39 is 11.9 Å². The van der Waals surface area contributed by atoms with E-state index in [1.165, 1.54) is 6.07 Å². The van der Waals surface area contributed by atoms with Crippen LogP contribution in [-0.4, -0.2) is 34.3 Å². The van der Waals surface area contributed by atoms with Crippen LogP contribution in [0.3, 0.4) is 0 Å². The molecule has 1 aliphatic rings. The van der Waals surface area contributed by atoms with Gasteiger partial charge in [-0.3, -0.25) is 19.6 Å². The van der Waals surface area contributed by atoms with Crippen molar-refractivity contribution in [2.24, 2.45) is 5.73 Å². The zero-order valence-electron chi connectivity index (χ0n) is 19.8. The number of methoxy groups -OCH3 is 1. The predicted molar refractivity (Wildman–Crippen MR) is 129 cm³/mol. The van der Waals surface area contributed by atoms with Gasteiger partial charge in [-0.2, -0.15) is 5.10 Å². The van der Waals surface area contributed by atoms with E-state index in [9.17, 15) is 9.59 Å². The van der Waals surface area contributed by atoms with E-state index in [4.69, 9.17) is 15.0 Å². The van der Waals surface area contributed by atoms with Crippen molar-refractivity contribution in [3.8, 4) is 17.1 Å². The molecule has 0 saturated heterocycles. The number of anilines is 1. The molecule has 2 aromatic heterocycles. The van der Waals surface area contributed by atoms with Gasteiger partial charge in [0.25, 0.3) is 11.8 Å². The first-order valence-electron chi connectivity index (χ1n) is 11.1. The van der Waals surface area contributed by atoms with E-state index in [1.54, 1.807) is 24.1 Å². The van der Waals surface area contributed by atoms with Gasteiger partial charge in [0.1, 0.15) is 5.75 Å². The predicted octanol–water partition coefficient (Wildman–Crippen LogP) is 4.22. The molecular weight excluding hydrogens is 446 g/mol. The Hall–Kier alpha value is -4.40. The SMILES string of the molecule is COc1ccccc1C1c2c(n[nH]c2C(C)(C)C)C(=O)N1c1ccc(-c2cc(C(N)=O)no2)cc1. The van der Waals surface area contributed by atoms with Crippen LogP contribution < -0.4 is 15.4 Å². The summed E-state index contributed by atoms with van der Waals surface area (Å²) in [5.41, 5.74) is 9.45. The number of hydrogen-bond acceptors (Lipinski definition) is 6. The Kier molecular flexibility index (Phi) is 5.20. The minimum Gasteiger partial charge on any atom is -0.496 e. The zero-order valence-corrected chi connectivity index (χ0v) is 19.8. The van der Waals surface area contributed by atoms with Crippen LogP contribution in [-0.2, 0) is 5.41 Å². The molecule has 3 heterocycles. The van der Waals surface area contributed by atoms with Crippen LogP contribution in [0.4, 0.5) is 5.69 Å². The third-order valence-corrected chi connectivity index (χ3v) is 6.13. The zero-order chi connectivity index (χ0) is 24.9. The van der Waals surface area contributed by atoms with E-state index in [2.05, 4.69) is 36.1 Å². The fraction of sp³-hybridized carbons (Fsp3) is 0.231. The molecule has 2 aromatic carbocycles. The summed E-state index contributed by atoms with van der Waals surface area (Å²) in [4.78, 5) is 26.8. The summed E-state index contributed by atoms with van der Waals surface area (Å²) in [6.07, 6.45) is 0. The maximum atomic E-state index is 13.7. The standard InChI is InChI=1S/C26H25N5O4/c1-26(2,3)23-20-21(28-29-23)25(33)31(22(20)16-7-5-6-8-18(16)34-4)15-11-9-14(10-12-15)19-13-17(24(27)32)30-35-19/h5-13,22H,1-4H3,(H2,27,32)(H,28,29). The second kappa shape index (κ2) is 8.12. The largest absolute Gasteiger partial charge is 0.496 e. The smallest absolute Gasteiger partial charge is 0.280 e. The molecule has 0 bridgehead atoms. The number of benzene rings is 2. The summed E-state index contributed by atoms with van der Waals surface area (Å²) < 4.78 is 10.9. The lowest BCUT2D eigenvalue weighted by molar-refractivity contribution is 0.0982. The van der Waals surface area contributed by atoms with Crippen molar-refractivity contribution in [2.45, 2.75) is 32.2 Å². The highest BCUT2D eigenvalue weighted by Crippen LogP contribution is 2.47. The second-order valence-corrected chi connectivity index (χ2v) is 9.42. The number of carbonyl (C=O) groups is 2. The number of aromatic nitrogens is 3. The van der Waals surface area contributed by atoms with Gasteiger partial charge in [-0.15, -0.1) is 0 Å².